The van der Waals surface area contributed by atoms with Crippen LogP contribution in [0.4, 0.5) is 8.78 Å². The third-order valence-electron chi connectivity index (χ3n) is 6.65. The van der Waals surface area contributed by atoms with E-state index in [1.54, 1.807) is 25.1 Å². The Labute approximate surface area is 213 Å². The zero-order chi connectivity index (χ0) is 26.6. The Bertz CT molecular complexity index is 1460. The molecule has 2 saturated heterocycles. The van der Waals surface area contributed by atoms with Crippen LogP contribution in [-0.2, 0) is 14.6 Å². The first kappa shape index (κ1) is 25.5. The van der Waals surface area contributed by atoms with Crippen molar-refractivity contribution in [3.8, 4) is 17.0 Å². The van der Waals surface area contributed by atoms with Gasteiger partial charge in [0, 0.05) is 18.4 Å². The first-order chi connectivity index (χ1) is 17.3. The van der Waals surface area contributed by atoms with E-state index in [0.717, 1.165) is 0 Å². The van der Waals surface area contributed by atoms with Crippen LogP contribution in [0.1, 0.15) is 50.0 Å². The average Bonchev–Trinajstić information content (AvgIpc) is 3.15. The fraction of sp³-hybridized carbons (Fsp3) is 0.480. The highest BCUT2D eigenvalue weighted by Gasteiger charge is 2.46. The summed E-state index contributed by atoms with van der Waals surface area (Å²) in [7, 11) is -3.14. The van der Waals surface area contributed by atoms with Gasteiger partial charge in [0.05, 0.1) is 39.8 Å². The van der Waals surface area contributed by atoms with E-state index in [-0.39, 0.29) is 34.5 Å². The molecular weight excluding hydrogens is 506 g/mol. The van der Waals surface area contributed by atoms with Gasteiger partial charge < -0.3 is 14.8 Å². The number of sulfone groups is 1. The number of hydrogen-bond acceptors (Lipinski definition) is 7. The quantitative estimate of drug-likeness (QED) is 0.513. The maximum absolute atomic E-state index is 13.0. The van der Waals surface area contributed by atoms with Crippen molar-refractivity contribution in [2.45, 2.75) is 57.4 Å². The molecule has 0 saturated carbocycles. The summed E-state index contributed by atoms with van der Waals surface area (Å²) in [5.74, 6) is -0.655. The van der Waals surface area contributed by atoms with Crippen LogP contribution in [0.2, 0.25) is 0 Å². The SMILES string of the molecule is CC1(NC(=O)c2cnc3c(-c4cccc(OC(F)F)c4)nn(C4CCOC(C)(C)C4)c3c2)CS(=O)(=O)C1. The first-order valence-corrected chi connectivity index (χ1v) is 13.8. The lowest BCUT2D eigenvalue weighted by Gasteiger charge is -2.38. The molecule has 0 aliphatic carbocycles. The standard InChI is InChI=1S/C25H28F2N4O5S/c1-24(2)11-17(7-8-35-24)31-19-10-16(22(32)29-25(3)13-37(33,34)14-25)12-28-21(19)20(30-31)15-5-4-6-18(9-15)36-23(26)27/h4-6,9-10,12,17,23H,7-8,11,13-14H2,1-3H3,(H,29,32). The predicted molar refractivity (Wildman–Crippen MR) is 132 cm³/mol. The van der Waals surface area contributed by atoms with Crippen LogP contribution in [-0.4, -0.2) is 65.0 Å². The molecule has 37 heavy (non-hydrogen) atoms. The van der Waals surface area contributed by atoms with E-state index in [2.05, 4.69) is 15.0 Å². The average molecular weight is 535 g/mol. The highest BCUT2D eigenvalue weighted by Crippen LogP contribution is 2.37. The van der Waals surface area contributed by atoms with Crippen LogP contribution >= 0.6 is 0 Å². The molecule has 9 nitrogen and oxygen atoms in total. The summed E-state index contributed by atoms with van der Waals surface area (Å²) in [6.07, 6.45) is 2.78. The summed E-state index contributed by atoms with van der Waals surface area (Å²) >= 11 is 0. The normalized spacial score (nSPS) is 21.9. The van der Waals surface area contributed by atoms with Crippen LogP contribution in [0.5, 0.6) is 5.75 Å². The minimum atomic E-state index is -3.14. The first-order valence-electron chi connectivity index (χ1n) is 11.9. The Morgan fingerprint density at radius 3 is 2.68 bits per heavy atom. The molecule has 3 aromatic rings. The lowest BCUT2D eigenvalue weighted by atomic mass is 9.94. The lowest BCUT2D eigenvalue weighted by molar-refractivity contribution is -0.0701. The van der Waals surface area contributed by atoms with Gasteiger partial charge in [0.2, 0.25) is 0 Å². The van der Waals surface area contributed by atoms with Crippen LogP contribution in [0.3, 0.4) is 0 Å². The molecule has 0 radical (unpaired) electrons. The van der Waals surface area contributed by atoms with Gasteiger partial charge in [0.15, 0.2) is 9.84 Å². The summed E-state index contributed by atoms with van der Waals surface area (Å²) in [6, 6.07) is 7.89. The molecule has 5 rings (SSSR count). The van der Waals surface area contributed by atoms with Crippen molar-refractivity contribution in [3.63, 3.8) is 0 Å². The molecule has 4 heterocycles. The van der Waals surface area contributed by atoms with Gasteiger partial charge in [-0.15, -0.1) is 0 Å². The summed E-state index contributed by atoms with van der Waals surface area (Å²) < 4.78 is 61.2. The van der Waals surface area contributed by atoms with Gasteiger partial charge in [0.1, 0.15) is 17.0 Å². The number of ether oxygens (including phenoxy) is 2. The molecule has 2 fully saturated rings. The maximum Gasteiger partial charge on any atom is 0.387 e. The van der Waals surface area contributed by atoms with Crippen LogP contribution < -0.4 is 10.1 Å². The van der Waals surface area contributed by atoms with Crippen molar-refractivity contribution in [2.75, 3.05) is 18.1 Å². The topological polar surface area (TPSA) is 112 Å². The van der Waals surface area contributed by atoms with Gasteiger partial charge in [-0.3, -0.25) is 14.5 Å². The summed E-state index contributed by atoms with van der Waals surface area (Å²) in [6.45, 7) is 3.27. The van der Waals surface area contributed by atoms with Crippen molar-refractivity contribution in [3.05, 3.63) is 42.1 Å². The van der Waals surface area contributed by atoms with E-state index in [0.29, 0.717) is 41.7 Å². The molecule has 2 aromatic heterocycles. The maximum atomic E-state index is 13.0. The second-order valence-electron chi connectivity index (χ2n) is 10.6. The van der Waals surface area contributed by atoms with Crippen LogP contribution in [0, 0.1) is 0 Å². The largest absolute Gasteiger partial charge is 0.435 e. The minimum Gasteiger partial charge on any atom is -0.435 e. The summed E-state index contributed by atoms with van der Waals surface area (Å²) in [4.78, 5) is 17.6. The molecular formula is C25H28F2N4O5S. The Morgan fingerprint density at radius 1 is 1.24 bits per heavy atom. The molecule has 0 bridgehead atoms. The summed E-state index contributed by atoms with van der Waals surface area (Å²) in [5, 5.41) is 7.65. The van der Waals surface area contributed by atoms with E-state index in [9.17, 15) is 22.0 Å². The van der Waals surface area contributed by atoms with Gasteiger partial charge in [0.25, 0.3) is 5.91 Å². The number of aromatic nitrogens is 3. The Hall–Kier alpha value is -3.12. The van der Waals surface area contributed by atoms with Crippen molar-refractivity contribution in [1.82, 2.24) is 20.1 Å². The smallest absolute Gasteiger partial charge is 0.387 e. The number of hydrogen-bond donors (Lipinski definition) is 1. The molecule has 1 unspecified atom stereocenters. The second kappa shape index (κ2) is 9.02. The number of halogens is 2. The fourth-order valence-electron chi connectivity index (χ4n) is 5.19. The zero-order valence-corrected chi connectivity index (χ0v) is 21.5. The number of amides is 1. The van der Waals surface area contributed by atoms with Gasteiger partial charge in [-0.2, -0.15) is 13.9 Å². The molecule has 0 spiro atoms. The van der Waals surface area contributed by atoms with E-state index in [1.807, 2.05) is 18.5 Å². The number of nitrogens with zero attached hydrogens (tertiary/aromatic N) is 3. The number of fused-ring (bicyclic) bond motifs is 1. The third-order valence-corrected chi connectivity index (χ3v) is 8.80. The number of carbonyl (C=O) groups excluding carboxylic acids is 1. The number of pyridine rings is 1. The number of carbonyl (C=O) groups is 1. The molecule has 1 N–H and O–H groups in total. The molecule has 12 heteroatoms. The zero-order valence-electron chi connectivity index (χ0n) is 20.7. The Kier molecular flexibility index (Phi) is 6.22. The van der Waals surface area contributed by atoms with Gasteiger partial charge in [-0.1, -0.05) is 12.1 Å². The van der Waals surface area contributed by atoms with E-state index < -0.39 is 27.9 Å². The van der Waals surface area contributed by atoms with E-state index >= 15 is 0 Å². The number of benzene rings is 1. The molecule has 2 aliphatic heterocycles. The second-order valence-corrected chi connectivity index (χ2v) is 12.7. The Balaban J connectivity index is 1.56. The molecule has 2 aliphatic rings. The monoisotopic (exact) mass is 534 g/mol. The fourth-order valence-corrected chi connectivity index (χ4v) is 7.19. The molecule has 1 atom stereocenters. The Morgan fingerprint density at radius 2 is 2.00 bits per heavy atom. The van der Waals surface area contributed by atoms with E-state index in [1.165, 1.54) is 18.3 Å². The van der Waals surface area contributed by atoms with Gasteiger partial charge in [-0.05, 0) is 51.8 Å². The minimum absolute atomic E-state index is 0.00194. The predicted octanol–water partition coefficient (Wildman–Crippen LogP) is 3.75. The molecule has 1 aromatic carbocycles. The number of rotatable bonds is 6. The van der Waals surface area contributed by atoms with Crippen LogP contribution in [0.15, 0.2) is 36.5 Å². The molecule has 1 amide bonds. The highest BCUT2D eigenvalue weighted by atomic mass is 32.2. The van der Waals surface area contributed by atoms with Crippen LogP contribution in [0.25, 0.3) is 22.3 Å². The highest BCUT2D eigenvalue weighted by molar-refractivity contribution is 7.93. The lowest BCUT2D eigenvalue weighted by Crippen LogP contribution is -2.63. The van der Waals surface area contributed by atoms with Crippen molar-refractivity contribution >= 4 is 26.8 Å². The van der Waals surface area contributed by atoms with Crippen molar-refractivity contribution in [1.29, 1.82) is 0 Å². The summed E-state index contributed by atoms with van der Waals surface area (Å²) in [5.41, 5.74) is 1.20. The van der Waals surface area contributed by atoms with Crippen molar-refractivity contribution < 1.29 is 31.5 Å². The third kappa shape index (κ3) is 5.30. The molecule has 198 valence electrons. The number of nitrogens with one attached hydrogen (secondary N) is 1. The van der Waals surface area contributed by atoms with Crippen molar-refractivity contribution in [2.24, 2.45) is 0 Å². The number of alkyl halides is 2. The van der Waals surface area contributed by atoms with Gasteiger partial charge in [-0.25, -0.2) is 8.42 Å². The van der Waals surface area contributed by atoms with Gasteiger partial charge >= 0.3 is 6.61 Å². The van der Waals surface area contributed by atoms with E-state index in [4.69, 9.17) is 9.84 Å².